The molecule has 2 rings (SSSR count). The number of rotatable bonds is 8. The fraction of sp³-hybridized carbons (Fsp3) is 0.500. The number of hydrogen-bond acceptors (Lipinski definition) is 5. The monoisotopic (exact) mass is 332 g/mol. The van der Waals surface area contributed by atoms with Crippen molar-refractivity contribution in [2.75, 3.05) is 11.9 Å². The molecule has 0 aliphatic carbocycles. The van der Waals surface area contributed by atoms with Crippen LogP contribution in [-0.4, -0.2) is 27.6 Å². The summed E-state index contributed by atoms with van der Waals surface area (Å²) in [6, 6.07) is 8.20. The largest absolute Gasteiger partial charge is 0.375 e. The van der Waals surface area contributed by atoms with Crippen LogP contribution in [0.15, 0.2) is 30.6 Å². The van der Waals surface area contributed by atoms with Crippen molar-refractivity contribution in [3.8, 4) is 0 Å². The molecule has 0 fully saturated rings. The third kappa shape index (κ3) is 5.23. The molecule has 0 aliphatic heterocycles. The summed E-state index contributed by atoms with van der Waals surface area (Å²) >= 11 is 0. The predicted molar refractivity (Wildman–Crippen MR) is 92.5 cm³/mol. The third-order valence-electron chi connectivity index (χ3n) is 3.77. The van der Waals surface area contributed by atoms with E-state index in [9.17, 15) is 4.39 Å². The minimum absolute atomic E-state index is 0.0481. The molecule has 0 radical (unpaired) electrons. The molecule has 5 nitrogen and oxygen atoms in total. The van der Waals surface area contributed by atoms with Crippen LogP contribution in [0.4, 0.5) is 10.3 Å². The molecule has 1 aromatic carbocycles. The summed E-state index contributed by atoms with van der Waals surface area (Å²) in [5, 5.41) is 3.19. The maximum Gasteiger partial charge on any atom is 0.226 e. The molecule has 1 heterocycles. The number of benzene rings is 1. The lowest BCUT2D eigenvalue weighted by molar-refractivity contribution is 0.110. The molecule has 1 aromatic heterocycles. The molecule has 6 heteroatoms. The van der Waals surface area contributed by atoms with Gasteiger partial charge in [0.2, 0.25) is 5.95 Å². The van der Waals surface area contributed by atoms with E-state index in [1.54, 1.807) is 0 Å². The minimum Gasteiger partial charge on any atom is -0.375 e. The predicted octanol–water partition coefficient (Wildman–Crippen LogP) is 3.79. The van der Waals surface area contributed by atoms with E-state index in [2.05, 4.69) is 46.2 Å². The molecule has 1 N–H and O–H groups in total. The lowest BCUT2D eigenvalue weighted by atomic mass is 10.1. The van der Waals surface area contributed by atoms with E-state index in [0.717, 1.165) is 6.42 Å². The summed E-state index contributed by atoms with van der Waals surface area (Å²) in [5.41, 5.74) is 0.794. The van der Waals surface area contributed by atoms with Crippen molar-refractivity contribution in [2.45, 2.75) is 52.4 Å². The van der Waals surface area contributed by atoms with Gasteiger partial charge in [0.05, 0.1) is 19.3 Å². The van der Waals surface area contributed by atoms with Gasteiger partial charge in [0.15, 0.2) is 11.5 Å². The Kier molecular flexibility index (Phi) is 6.20. The average molecular weight is 332 g/mol. The van der Waals surface area contributed by atoms with Crippen LogP contribution in [0.25, 0.3) is 0 Å². The molecule has 1 atom stereocenters. The van der Waals surface area contributed by atoms with Crippen molar-refractivity contribution < 1.29 is 9.13 Å². The van der Waals surface area contributed by atoms with Crippen LogP contribution in [0, 0.1) is 6.92 Å². The van der Waals surface area contributed by atoms with Crippen LogP contribution in [0.3, 0.4) is 0 Å². The molecule has 0 spiro atoms. The zero-order chi connectivity index (χ0) is 17.6. The Balaban J connectivity index is 1.92. The van der Waals surface area contributed by atoms with Crippen LogP contribution in [0.2, 0.25) is 0 Å². The highest BCUT2D eigenvalue weighted by atomic mass is 19.1. The third-order valence-corrected chi connectivity index (χ3v) is 3.77. The first-order valence-electron chi connectivity index (χ1n) is 8.17. The normalized spacial score (nSPS) is 12.9. The molecule has 0 aliphatic rings. The molecular weight excluding hydrogens is 307 g/mol. The van der Waals surface area contributed by atoms with E-state index in [-0.39, 0.29) is 11.9 Å². The summed E-state index contributed by atoms with van der Waals surface area (Å²) in [6.07, 6.45) is 2.17. The van der Waals surface area contributed by atoms with Crippen LogP contribution >= 0.6 is 0 Å². The van der Waals surface area contributed by atoms with Gasteiger partial charge in [0.1, 0.15) is 6.33 Å². The van der Waals surface area contributed by atoms with Crippen molar-refractivity contribution >= 4 is 5.95 Å². The first-order chi connectivity index (χ1) is 11.4. The summed E-state index contributed by atoms with van der Waals surface area (Å²) < 4.78 is 19.8. The quantitative estimate of drug-likeness (QED) is 0.797. The number of halogens is 1. The van der Waals surface area contributed by atoms with E-state index >= 15 is 0 Å². The van der Waals surface area contributed by atoms with Crippen molar-refractivity contribution in [3.05, 3.63) is 47.5 Å². The van der Waals surface area contributed by atoms with Gasteiger partial charge in [-0.25, -0.2) is 14.4 Å². The van der Waals surface area contributed by atoms with E-state index in [1.807, 2.05) is 12.1 Å². The van der Waals surface area contributed by atoms with Gasteiger partial charge in [-0.15, -0.1) is 0 Å². The highest BCUT2D eigenvalue weighted by molar-refractivity contribution is 5.26. The van der Waals surface area contributed by atoms with E-state index in [0.29, 0.717) is 19.2 Å². The van der Waals surface area contributed by atoms with E-state index in [1.165, 1.54) is 31.3 Å². The molecule has 0 saturated carbocycles. The molecule has 130 valence electrons. The van der Waals surface area contributed by atoms with Crippen LogP contribution in [0.1, 0.15) is 44.1 Å². The smallest absolute Gasteiger partial charge is 0.226 e. The van der Waals surface area contributed by atoms with Crippen molar-refractivity contribution in [2.24, 2.45) is 0 Å². The Bertz CT molecular complexity index is 657. The topological polar surface area (TPSA) is 59.9 Å². The lowest BCUT2D eigenvalue weighted by Gasteiger charge is -2.19. The first-order valence-corrected chi connectivity index (χ1v) is 8.17. The zero-order valence-corrected chi connectivity index (χ0v) is 14.7. The van der Waals surface area contributed by atoms with Gasteiger partial charge in [-0.2, -0.15) is 4.98 Å². The molecule has 1 unspecified atom stereocenters. The van der Waals surface area contributed by atoms with Crippen molar-refractivity contribution in [1.82, 2.24) is 15.0 Å². The fourth-order valence-corrected chi connectivity index (χ4v) is 2.18. The number of nitrogens with zero attached hydrogens (tertiary/aromatic N) is 3. The Morgan fingerprint density at radius 2 is 2.00 bits per heavy atom. The average Bonchev–Trinajstić information content (AvgIpc) is 2.55. The summed E-state index contributed by atoms with van der Waals surface area (Å²) in [5.74, 6) is 0.493. The highest BCUT2D eigenvalue weighted by Gasteiger charge is 2.23. The van der Waals surface area contributed by atoms with Gasteiger partial charge >= 0.3 is 0 Å². The summed E-state index contributed by atoms with van der Waals surface area (Å²) in [7, 11) is 0. The van der Waals surface area contributed by atoms with Crippen molar-refractivity contribution in [3.63, 3.8) is 0 Å². The Labute approximate surface area is 142 Å². The number of alkyl halides is 1. The second-order valence-corrected chi connectivity index (χ2v) is 6.30. The first kappa shape index (κ1) is 18.3. The number of hydrogen-bond donors (Lipinski definition) is 1. The molecule has 0 bridgehead atoms. The second-order valence-electron chi connectivity index (χ2n) is 6.30. The molecule has 0 amide bonds. The van der Waals surface area contributed by atoms with Crippen LogP contribution < -0.4 is 5.32 Å². The van der Waals surface area contributed by atoms with Gasteiger partial charge in [0, 0.05) is 0 Å². The summed E-state index contributed by atoms with van der Waals surface area (Å²) in [4.78, 5) is 12.1. The van der Waals surface area contributed by atoms with Gasteiger partial charge in [-0.05, 0) is 38.3 Å². The Morgan fingerprint density at radius 1 is 1.25 bits per heavy atom. The van der Waals surface area contributed by atoms with Crippen molar-refractivity contribution in [1.29, 1.82) is 0 Å². The standard InChI is InChI=1S/C18H25FN4O/c1-5-15(11-24-10-14-9-7-6-8-13(14)2)22-17-21-12-20-16(23-17)18(3,4)19/h6-9,12,15H,5,10-11H2,1-4H3,(H,20,21,22,23). The van der Waals surface area contributed by atoms with E-state index < -0.39 is 5.67 Å². The molecule has 0 saturated heterocycles. The Hall–Kier alpha value is -2.08. The number of aromatic nitrogens is 3. The molecule has 24 heavy (non-hydrogen) atoms. The van der Waals surface area contributed by atoms with Gasteiger partial charge in [0.25, 0.3) is 0 Å². The van der Waals surface area contributed by atoms with Crippen LogP contribution in [0.5, 0.6) is 0 Å². The number of anilines is 1. The molecular formula is C18H25FN4O. The van der Waals surface area contributed by atoms with Crippen LogP contribution in [-0.2, 0) is 17.0 Å². The minimum atomic E-state index is -1.59. The zero-order valence-electron chi connectivity index (χ0n) is 14.7. The highest BCUT2D eigenvalue weighted by Crippen LogP contribution is 2.20. The SMILES string of the molecule is CCC(COCc1ccccc1C)Nc1ncnc(C(C)(C)F)n1. The maximum atomic E-state index is 13.9. The number of nitrogens with one attached hydrogen (secondary N) is 1. The second kappa shape index (κ2) is 8.15. The number of ether oxygens (including phenoxy) is 1. The van der Waals surface area contributed by atoms with Gasteiger partial charge in [-0.3, -0.25) is 0 Å². The van der Waals surface area contributed by atoms with Gasteiger partial charge < -0.3 is 10.1 Å². The fourth-order valence-electron chi connectivity index (χ4n) is 2.18. The number of aryl methyl sites for hydroxylation is 1. The summed E-state index contributed by atoms with van der Waals surface area (Å²) in [6.45, 7) is 8.05. The Morgan fingerprint density at radius 3 is 2.67 bits per heavy atom. The van der Waals surface area contributed by atoms with Gasteiger partial charge in [-0.1, -0.05) is 31.2 Å². The maximum absolute atomic E-state index is 13.9. The lowest BCUT2D eigenvalue weighted by Crippen LogP contribution is -2.27. The van der Waals surface area contributed by atoms with E-state index in [4.69, 9.17) is 4.74 Å². The molecule has 2 aromatic rings.